The maximum absolute atomic E-state index is 5.68. The fourth-order valence-corrected chi connectivity index (χ4v) is 1.85. The van der Waals surface area contributed by atoms with Gasteiger partial charge in [0.15, 0.2) is 0 Å². The van der Waals surface area contributed by atoms with Crippen LogP contribution in [0.15, 0.2) is 48.5 Å². The summed E-state index contributed by atoms with van der Waals surface area (Å²) >= 11 is 0. The Morgan fingerprint density at radius 2 is 1.50 bits per heavy atom. The second-order valence-corrected chi connectivity index (χ2v) is 4.79. The molecule has 20 heavy (non-hydrogen) atoms. The molecule has 2 aromatic carbocycles. The first-order chi connectivity index (χ1) is 9.74. The summed E-state index contributed by atoms with van der Waals surface area (Å²) < 4.78 is 11.3. The number of rotatable bonds is 7. The topological polar surface area (TPSA) is 44.5 Å². The summed E-state index contributed by atoms with van der Waals surface area (Å²) in [6.07, 6.45) is 1.94. The molecule has 106 valence electrons. The molecule has 0 unspecified atom stereocenters. The van der Waals surface area contributed by atoms with Gasteiger partial charge in [0.2, 0.25) is 0 Å². The lowest BCUT2D eigenvalue weighted by Gasteiger charge is -2.08. The van der Waals surface area contributed by atoms with E-state index >= 15 is 0 Å². The third-order valence-electron chi connectivity index (χ3n) is 2.95. The van der Waals surface area contributed by atoms with E-state index in [0.29, 0.717) is 13.2 Å². The van der Waals surface area contributed by atoms with Gasteiger partial charge in [0.05, 0.1) is 13.2 Å². The number of anilines is 1. The Hall–Kier alpha value is -2.16. The van der Waals surface area contributed by atoms with E-state index in [9.17, 15) is 0 Å². The molecule has 2 N–H and O–H groups in total. The zero-order chi connectivity index (χ0) is 14.2. The summed E-state index contributed by atoms with van der Waals surface area (Å²) in [6.45, 7) is 3.48. The minimum Gasteiger partial charge on any atom is -0.494 e. The highest BCUT2D eigenvalue weighted by Crippen LogP contribution is 2.14. The normalized spacial score (nSPS) is 10.2. The maximum atomic E-state index is 5.68. The van der Waals surface area contributed by atoms with Crippen LogP contribution < -0.4 is 15.2 Å². The molecule has 0 fully saturated rings. The van der Waals surface area contributed by atoms with Crippen molar-refractivity contribution >= 4 is 5.69 Å². The third-order valence-corrected chi connectivity index (χ3v) is 2.95. The fourth-order valence-electron chi connectivity index (χ4n) is 1.85. The van der Waals surface area contributed by atoms with E-state index in [1.54, 1.807) is 0 Å². The summed E-state index contributed by atoms with van der Waals surface area (Å²) in [5.74, 6) is 1.79. The summed E-state index contributed by atoms with van der Waals surface area (Å²) in [6, 6.07) is 15.6. The Kier molecular flexibility index (Phi) is 5.30. The van der Waals surface area contributed by atoms with Crippen LogP contribution in [0, 0.1) is 6.92 Å². The van der Waals surface area contributed by atoms with Crippen LogP contribution in [-0.4, -0.2) is 13.2 Å². The van der Waals surface area contributed by atoms with Crippen LogP contribution in [0.3, 0.4) is 0 Å². The van der Waals surface area contributed by atoms with Crippen LogP contribution in [0.2, 0.25) is 0 Å². The molecule has 3 nitrogen and oxygen atoms in total. The van der Waals surface area contributed by atoms with Crippen molar-refractivity contribution in [1.29, 1.82) is 0 Å². The number of benzene rings is 2. The molecule has 0 amide bonds. The van der Waals surface area contributed by atoms with Gasteiger partial charge in [-0.2, -0.15) is 0 Å². The molecular weight excluding hydrogens is 250 g/mol. The quantitative estimate of drug-likeness (QED) is 0.615. The van der Waals surface area contributed by atoms with E-state index in [1.165, 1.54) is 5.56 Å². The molecule has 2 rings (SSSR count). The maximum Gasteiger partial charge on any atom is 0.119 e. The monoisotopic (exact) mass is 271 g/mol. The molecule has 2 aromatic rings. The Morgan fingerprint density at radius 3 is 2.15 bits per heavy atom. The van der Waals surface area contributed by atoms with Crippen molar-refractivity contribution in [2.45, 2.75) is 19.8 Å². The van der Waals surface area contributed by atoms with Gasteiger partial charge in [0.25, 0.3) is 0 Å². The van der Waals surface area contributed by atoms with Crippen LogP contribution in [-0.2, 0) is 0 Å². The Labute approximate surface area is 120 Å². The van der Waals surface area contributed by atoms with Gasteiger partial charge in [0, 0.05) is 5.69 Å². The van der Waals surface area contributed by atoms with E-state index in [1.807, 2.05) is 42.5 Å². The van der Waals surface area contributed by atoms with Crippen LogP contribution in [0.4, 0.5) is 5.69 Å². The van der Waals surface area contributed by atoms with Crippen molar-refractivity contribution in [3.8, 4) is 11.5 Å². The lowest BCUT2D eigenvalue weighted by Crippen LogP contribution is -2.02. The van der Waals surface area contributed by atoms with Gasteiger partial charge >= 0.3 is 0 Å². The number of aryl methyl sites for hydroxylation is 1. The number of nitrogen functional groups attached to an aromatic ring is 1. The highest BCUT2D eigenvalue weighted by atomic mass is 16.5. The zero-order valence-corrected chi connectivity index (χ0v) is 11.8. The van der Waals surface area contributed by atoms with Gasteiger partial charge in [-0.15, -0.1) is 0 Å². The highest BCUT2D eigenvalue weighted by molar-refractivity contribution is 5.41. The zero-order valence-electron chi connectivity index (χ0n) is 11.8. The summed E-state index contributed by atoms with van der Waals surface area (Å²) in [7, 11) is 0. The van der Waals surface area contributed by atoms with Crippen molar-refractivity contribution in [1.82, 2.24) is 0 Å². The average molecular weight is 271 g/mol. The van der Waals surface area contributed by atoms with Gasteiger partial charge in [-0.1, -0.05) is 12.1 Å². The first-order valence-electron chi connectivity index (χ1n) is 6.92. The Morgan fingerprint density at radius 1 is 0.850 bits per heavy atom. The van der Waals surface area contributed by atoms with Crippen molar-refractivity contribution in [3.63, 3.8) is 0 Å². The van der Waals surface area contributed by atoms with Gasteiger partial charge in [-0.25, -0.2) is 0 Å². The predicted molar refractivity (Wildman–Crippen MR) is 82.3 cm³/mol. The number of nitrogens with two attached hydrogens (primary N) is 1. The highest BCUT2D eigenvalue weighted by Gasteiger charge is 1.96. The summed E-state index contributed by atoms with van der Waals surface area (Å²) in [4.78, 5) is 0. The molecule has 3 heteroatoms. The third kappa shape index (κ3) is 4.84. The molecule has 0 heterocycles. The molecule has 0 radical (unpaired) electrons. The van der Waals surface area contributed by atoms with E-state index < -0.39 is 0 Å². The van der Waals surface area contributed by atoms with Crippen molar-refractivity contribution < 1.29 is 9.47 Å². The van der Waals surface area contributed by atoms with Crippen LogP contribution in [0.25, 0.3) is 0 Å². The Bertz CT molecular complexity index is 523. The smallest absolute Gasteiger partial charge is 0.119 e. The predicted octanol–water partition coefficient (Wildman–Crippen LogP) is 3.82. The number of ether oxygens (including phenoxy) is 2. The molecule has 0 saturated carbocycles. The minimum atomic E-state index is 0.696. The molecular formula is C17H21NO2. The average Bonchev–Trinajstić information content (AvgIpc) is 2.45. The molecule has 0 bridgehead atoms. The minimum absolute atomic E-state index is 0.696. The Balaban J connectivity index is 1.59. The van der Waals surface area contributed by atoms with E-state index in [-0.39, 0.29) is 0 Å². The van der Waals surface area contributed by atoms with Gasteiger partial charge in [0.1, 0.15) is 11.5 Å². The van der Waals surface area contributed by atoms with Crippen molar-refractivity contribution in [2.75, 3.05) is 18.9 Å². The van der Waals surface area contributed by atoms with E-state index in [4.69, 9.17) is 15.2 Å². The van der Waals surface area contributed by atoms with E-state index in [2.05, 4.69) is 13.0 Å². The summed E-state index contributed by atoms with van der Waals surface area (Å²) in [5, 5.41) is 0. The van der Waals surface area contributed by atoms with Gasteiger partial charge < -0.3 is 15.2 Å². The van der Waals surface area contributed by atoms with Crippen LogP contribution in [0.1, 0.15) is 18.4 Å². The number of hydrogen-bond acceptors (Lipinski definition) is 3. The standard InChI is InChI=1S/C17H21NO2/c1-14-5-4-6-17(13-14)20-12-3-2-11-19-16-9-7-15(18)8-10-16/h4-10,13H,2-3,11-12,18H2,1H3. The molecule has 0 aliphatic heterocycles. The van der Waals surface area contributed by atoms with Crippen LogP contribution in [0.5, 0.6) is 11.5 Å². The number of unbranched alkanes of at least 4 members (excludes halogenated alkanes) is 1. The first kappa shape index (κ1) is 14.3. The largest absolute Gasteiger partial charge is 0.494 e. The van der Waals surface area contributed by atoms with Crippen LogP contribution >= 0.6 is 0 Å². The van der Waals surface area contributed by atoms with Crippen molar-refractivity contribution in [3.05, 3.63) is 54.1 Å². The second kappa shape index (κ2) is 7.43. The fraction of sp³-hybridized carbons (Fsp3) is 0.294. The molecule has 0 saturated heterocycles. The molecule has 0 aliphatic carbocycles. The second-order valence-electron chi connectivity index (χ2n) is 4.79. The van der Waals surface area contributed by atoms with E-state index in [0.717, 1.165) is 30.0 Å². The lowest BCUT2D eigenvalue weighted by molar-refractivity contribution is 0.266. The first-order valence-corrected chi connectivity index (χ1v) is 6.92. The molecule has 0 spiro atoms. The number of hydrogen-bond donors (Lipinski definition) is 1. The molecule has 0 atom stereocenters. The van der Waals surface area contributed by atoms with Gasteiger partial charge in [-0.3, -0.25) is 0 Å². The van der Waals surface area contributed by atoms with Crippen molar-refractivity contribution in [2.24, 2.45) is 0 Å². The van der Waals surface area contributed by atoms with Gasteiger partial charge in [-0.05, 0) is 61.7 Å². The SMILES string of the molecule is Cc1cccc(OCCCCOc2ccc(N)cc2)c1. The lowest BCUT2D eigenvalue weighted by atomic mass is 10.2. The molecule has 0 aliphatic rings. The summed E-state index contributed by atoms with van der Waals surface area (Å²) in [5.41, 5.74) is 7.59. The molecule has 0 aromatic heterocycles.